The van der Waals surface area contributed by atoms with E-state index in [1.807, 2.05) is 55.1 Å². The first-order valence-corrected chi connectivity index (χ1v) is 12.4. The van der Waals surface area contributed by atoms with Crippen LogP contribution in [0.1, 0.15) is 16.7 Å². The molecule has 6 nitrogen and oxygen atoms in total. The van der Waals surface area contributed by atoms with Gasteiger partial charge in [0.1, 0.15) is 5.75 Å². The van der Waals surface area contributed by atoms with Gasteiger partial charge in [0, 0.05) is 16.5 Å². The van der Waals surface area contributed by atoms with Gasteiger partial charge in [-0.05, 0) is 43.2 Å². The van der Waals surface area contributed by atoms with Crippen molar-refractivity contribution < 1.29 is 17.9 Å². The van der Waals surface area contributed by atoms with Crippen LogP contribution in [0.4, 0.5) is 5.69 Å². The fraction of sp³-hybridized carbons (Fsp3) is 0.364. The summed E-state index contributed by atoms with van der Waals surface area (Å²) in [6.45, 7) is 4.01. The van der Waals surface area contributed by atoms with Crippen molar-refractivity contribution in [2.45, 2.75) is 31.6 Å². The van der Waals surface area contributed by atoms with E-state index in [2.05, 4.69) is 11.1 Å². The Kier molecular flexibility index (Phi) is 5.63. The van der Waals surface area contributed by atoms with Gasteiger partial charge in [-0.1, -0.05) is 36.0 Å². The van der Waals surface area contributed by atoms with Gasteiger partial charge in [-0.25, -0.2) is 8.42 Å². The highest BCUT2D eigenvalue weighted by atomic mass is 32.2. The highest BCUT2D eigenvalue weighted by Gasteiger charge is 2.49. The summed E-state index contributed by atoms with van der Waals surface area (Å²) in [6, 6.07) is 13.3. The smallest absolute Gasteiger partial charge is 0.252 e. The number of amidine groups is 1. The largest absolute Gasteiger partial charge is 0.496 e. The summed E-state index contributed by atoms with van der Waals surface area (Å²) >= 11 is 1.39. The summed E-state index contributed by atoms with van der Waals surface area (Å²) in [7, 11) is -1.52. The van der Waals surface area contributed by atoms with Gasteiger partial charge >= 0.3 is 0 Å². The number of anilines is 1. The second kappa shape index (κ2) is 8.07. The highest BCUT2D eigenvalue weighted by Crippen LogP contribution is 2.41. The predicted octanol–water partition coefficient (Wildman–Crippen LogP) is 3.16. The number of amides is 1. The minimum atomic E-state index is -3.10. The maximum Gasteiger partial charge on any atom is 0.252 e. The Bertz CT molecular complexity index is 1110. The molecule has 2 heterocycles. The van der Waals surface area contributed by atoms with Gasteiger partial charge in [0.05, 0.1) is 31.1 Å². The minimum absolute atomic E-state index is 0.0807. The minimum Gasteiger partial charge on any atom is -0.496 e. The molecule has 1 amide bonds. The molecule has 2 fully saturated rings. The maximum atomic E-state index is 12.8. The topological polar surface area (TPSA) is 76.0 Å². The zero-order valence-electron chi connectivity index (χ0n) is 17.2. The van der Waals surface area contributed by atoms with E-state index in [0.29, 0.717) is 10.9 Å². The molecule has 8 heteroatoms. The number of nitrogens with zero attached hydrogens (tertiary/aromatic N) is 2. The summed E-state index contributed by atoms with van der Waals surface area (Å²) < 4.78 is 29.8. The lowest BCUT2D eigenvalue weighted by atomic mass is 10.1. The average Bonchev–Trinajstić information content (AvgIpc) is 3.11. The van der Waals surface area contributed by atoms with E-state index >= 15 is 0 Å². The quantitative estimate of drug-likeness (QED) is 0.721. The summed E-state index contributed by atoms with van der Waals surface area (Å²) in [6.07, 6.45) is 0.127. The molecule has 0 saturated carbocycles. The van der Waals surface area contributed by atoms with Crippen molar-refractivity contribution in [3.63, 3.8) is 0 Å². The predicted molar refractivity (Wildman–Crippen MR) is 121 cm³/mol. The second-order valence-electron chi connectivity index (χ2n) is 7.79. The van der Waals surface area contributed by atoms with Crippen molar-refractivity contribution in [2.75, 3.05) is 23.5 Å². The van der Waals surface area contributed by atoms with Crippen molar-refractivity contribution >= 4 is 38.4 Å². The Hall–Kier alpha value is -2.32. The number of ether oxygens (including phenoxy) is 1. The molecule has 2 aliphatic rings. The van der Waals surface area contributed by atoms with Crippen LogP contribution in [0.15, 0.2) is 47.5 Å². The molecule has 30 heavy (non-hydrogen) atoms. The van der Waals surface area contributed by atoms with Gasteiger partial charge < -0.3 is 9.64 Å². The number of fused-ring (bicyclic) bond motifs is 1. The number of hydrogen-bond donors (Lipinski definition) is 0. The first kappa shape index (κ1) is 20.9. The molecule has 2 aliphatic heterocycles. The first-order valence-electron chi connectivity index (χ1n) is 9.74. The molecule has 158 valence electrons. The van der Waals surface area contributed by atoms with Gasteiger partial charge in [0.25, 0.3) is 5.91 Å². The molecule has 4 rings (SSSR count). The van der Waals surface area contributed by atoms with Crippen molar-refractivity contribution in [2.24, 2.45) is 4.99 Å². The van der Waals surface area contributed by atoms with Gasteiger partial charge in [-0.2, -0.15) is 4.99 Å². The van der Waals surface area contributed by atoms with E-state index in [9.17, 15) is 13.2 Å². The number of rotatable bonds is 4. The number of para-hydroxylation sites is 1. The molecule has 2 aromatic rings. The summed E-state index contributed by atoms with van der Waals surface area (Å²) in [5.41, 5.74) is 3.82. The number of thioether (sulfide) groups is 1. The van der Waals surface area contributed by atoms with E-state index in [1.54, 1.807) is 7.11 Å². The fourth-order valence-corrected chi connectivity index (χ4v) is 8.05. The molecule has 2 saturated heterocycles. The van der Waals surface area contributed by atoms with Crippen LogP contribution >= 0.6 is 11.8 Å². The molecule has 0 spiro atoms. The summed E-state index contributed by atoms with van der Waals surface area (Å²) in [4.78, 5) is 19.1. The van der Waals surface area contributed by atoms with Gasteiger partial charge in [0.2, 0.25) is 0 Å². The lowest BCUT2D eigenvalue weighted by molar-refractivity contribution is -0.117. The van der Waals surface area contributed by atoms with Crippen LogP contribution in [0, 0.1) is 13.8 Å². The highest BCUT2D eigenvalue weighted by molar-refractivity contribution is 8.16. The molecular weight excluding hydrogens is 420 g/mol. The van der Waals surface area contributed by atoms with Crippen molar-refractivity contribution in [3.05, 3.63) is 59.2 Å². The number of carbonyl (C=O) groups excluding carboxylic acids is 1. The van der Waals surface area contributed by atoms with E-state index in [0.717, 1.165) is 22.4 Å². The fourth-order valence-electron chi connectivity index (χ4n) is 4.11. The molecule has 0 N–H and O–H groups in total. The Labute approximate surface area is 181 Å². The molecule has 2 aromatic carbocycles. The van der Waals surface area contributed by atoms with Crippen LogP contribution in [0.5, 0.6) is 5.75 Å². The zero-order valence-corrected chi connectivity index (χ0v) is 18.8. The molecular formula is C22H24N2O4S2. The monoisotopic (exact) mass is 444 g/mol. The van der Waals surface area contributed by atoms with E-state index in [1.165, 1.54) is 11.8 Å². The average molecular weight is 445 g/mol. The third-order valence-electron chi connectivity index (χ3n) is 5.31. The number of aliphatic imine (C=N–C) groups is 1. The Morgan fingerprint density at radius 2 is 1.87 bits per heavy atom. The van der Waals surface area contributed by atoms with Crippen molar-refractivity contribution in [1.29, 1.82) is 0 Å². The number of methoxy groups -OCH3 is 1. The SMILES string of the molecule is COc1ccccc1CC(=O)N=C1SC2CS(=O)(=O)CC2N1c1cc(C)cc(C)c1. The first-order chi connectivity index (χ1) is 14.3. The Morgan fingerprint density at radius 1 is 1.17 bits per heavy atom. The van der Waals surface area contributed by atoms with Crippen molar-refractivity contribution in [3.8, 4) is 5.75 Å². The molecule has 0 radical (unpaired) electrons. The number of sulfone groups is 1. The van der Waals surface area contributed by atoms with Crippen LogP contribution in [-0.4, -0.2) is 49.4 Å². The molecule has 0 aromatic heterocycles. The van der Waals surface area contributed by atoms with Gasteiger partial charge in [-0.3, -0.25) is 4.79 Å². The number of carbonyl (C=O) groups is 1. The van der Waals surface area contributed by atoms with Crippen LogP contribution in [0.2, 0.25) is 0 Å². The summed E-state index contributed by atoms with van der Waals surface area (Å²) in [5, 5.41) is 0.457. The Morgan fingerprint density at radius 3 is 2.57 bits per heavy atom. The number of aryl methyl sites for hydroxylation is 2. The zero-order chi connectivity index (χ0) is 21.5. The van der Waals surface area contributed by atoms with Crippen LogP contribution in [0.3, 0.4) is 0 Å². The second-order valence-corrected chi connectivity index (χ2v) is 11.2. The third kappa shape index (κ3) is 4.25. The maximum absolute atomic E-state index is 12.8. The van der Waals surface area contributed by atoms with Crippen LogP contribution in [-0.2, 0) is 21.1 Å². The van der Waals surface area contributed by atoms with E-state index in [4.69, 9.17) is 4.74 Å². The number of hydrogen-bond acceptors (Lipinski definition) is 5. The summed E-state index contributed by atoms with van der Waals surface area (Å²) in [5.74, 6) is 0.569. The number of benzene rings is 2. The van der Waals surface area contributed by atoms with Crippen LogP contribution < -0.4 is 9.64 Å². The molecule has 2 atom stereocenters. The van der Waals surface area contributed by atoms with Gasteiger partial charge in [0.15, 0.2) is 15.0 Å². The molecule has 0 bridgehead atoms. The Balaban J connectivity index is 1.67. The van der Waals surface area contributed by atoms with E-state index < -0.39 is 9.84 Å². The standard InChI is InChI=1S/C22H24N2O4S2/c1-14-8-15(2)10-17(9-14)24-18-12-30(26,27)13-20(18)29-22(24)23-21(25)11-16-6-4-5-7-19(16)28-3/h4-10,18,20H,11-13H2,1-3H3. The third-order valence-corrected chi connectivity index (χ3v) is 8.52. The molecule has 2 unspecified atom stereocenters. The van der Waals surface area contributed by atoms with Gasteiger partial charge in [-0.15, -0.1) is 0 Å². The van der Waals surface area contributed by atoms with Crippen molar-refractivity contribution in [1.82, 2.24) is 0 Å². The normalized spacial score (nSPS) is 23.6. The lowest BCUT2D eigenvalue weighted by Gasteiger charge is -2.25. The lowest BCUT2D eigenvalue weighted by Crippen LogP contribution is -2.37. The van der Waals surface area contributed by atoms with Crippen LogP contribution in [0.25, 0.3) is 0 Å². The molecule has 0 aliphatic carbocycles. The van der Waals surface area contributed by atoms with E-state index in [-0.39, 0.29) is 35.1 Å².